The van der Waals surface area contributed by atoms with Gasteiger partial charge in [0.15, 0.2) is 0 Å². The number of nitrogen functional groups attached to an aromatic ring is 1. The van der Waals surface area contributed by atoms with Crippen molar-refractivity contribution in [1.82, 2.24) is 4.98 Å². The zero-order valence-electron chi connectivity index (χ0n) is 8.70. The number of nitrogens with two attached hydrogens (primary N) is 1. The molecule has 0 amide bonds. The predicted molar refractivity (Wildman–Crippen MR) is 62.3 cm³/mol. The Hall–Kier alpha value is -1.83. The monoisotopic (exact) mass is 197 g/mol. The molecule has 1 aromatic heterocycles. The highest BCUT2D eigenvalue weighted by molar-refractivity contribution is 5.77. The molecule has 0 unspecified atom stereocenters. The molecule has 0 aliphatic carbocycles. The lowest BCUT2D eigenvalue weighted by molar-refractivity contribution is 1.14. The van der Waals surface area contributed by atoms with Gasteiger partial charge in [0.1, 0.15) is 0 Å². The van der Waals surface area contributed by atoms with Crippen molar-refractivity contribution in [2.75, 3.05) is 5.73 Å². The lowest BCUT2D eigenvalue weighted by Crippen LogP contribution is -1.94. The maximum Gasteiger partial charge on any atom is 0.0424 e. The van der Waals surface area contributed by atoms with Crippen LogP contribution < -0.4 is 5.73 Å². The molecule has 0 bridgehead atoms. The molecule has 2 nitrogen and oxygen atoms in total. The summed E-state index contributed by atoms with van der Waals surface area (Å²) >= 11 is 0. The zero-order chi connectivity index (χ0) is 10.7. The molecule has 0 fully saturated rings. The zero-order valence-corrected chi connectivity index (χ0v) is 8.70. The van der Waals surface area contributed by atoms with Crippen LogP contribution in [-0.2, 0) is 6.42 Å². The number of pyridine rings is 1. The molecule has 0 saturated carbocycles. The van der Waals surface area contributed by atoms with Gasteiger partial charge in [0.25, 0.3) is 0 Å². The quantitative estimate of drug-likeness (QED) is 0.803. The summed E-state index contributed by atoms with van der Waals surface area (Å²) in [4.78, 5) is 4.10. The Morgan fingerprint density at radius 1 is 1.33 bits per heavy atom. The van der Waals surface area contributed by atoms with E-state index in [1.54, 1.807) is 12.4 Å². The second-order valence-electron chi connectivity index (χ2n) is 3.38. The summed E-state index contributed by atoms with van der Waals surface area (Å²) < 4.78 is 0. The van der Waals surface area contributed by atoms with E-state index in [-0.39, 0.29) is 0 Å². The average Bonchev–Trinajstić information content (AvgIpc) is 2.30. The van der Waals surface area contributed by atoms with Gasteiger partial charge in [-0.15, -0.1) is 0 Å². The van der Waals surface area contributed by atoms with Crippen LogP contribution in [0.1, 0.15) is 12.5 Å². The first kappa shape index (κ1) is 9.71. The van der Waals surface area contributed by atoms with Crippen molar-refractivity contribution >= 4 is 5.69 Å². The topological polar surface area (TPSA) is 38.9 Å². The van der Waals surface area contributed by atoms with Crippen LogP contribution in [0.25, 0.3) is 11.1 Å². The fourth-order valence-electron chi connectivity index (χ4n) is 1.65. The number of benzene rings is 1. The van der Waals surface area contributed by atoms with Crippen LogP contribution in [-0.4, -0.2) is 4.98 Å². The maximum absolute atomic E-state index is 5.92. The van der Waals surface area contributed by atoms with E-state index in [0.717, 1.165) is 23.2 Å². The SMILES string of the molecule is CCc1[c]cccc1-c1cnccc1N. The van der Waals surface area contributed by atoms with Gasteiger partial charge in [0.05, 0.1) is 0 Å². The van der Waals surface area contributed by atoms with Gasteiger partial charge in [-0.1, -0.05) is 25.1 Å². The Balaban J connectivity index is 2.59. The minimum absolute atomic E-state index is 0.763. The van der Waals surface area contributed by atoms with Crippen LogP contribution >= 0.6 is 0 Å². The number of aryl methyl sites for hydroxylation is 1. The molecule has 15 heavy (non-hydrogen) atoms. The lowest BCUT2D eigenvalue weighted by Gasteiger charge is -2.08. The number of hydrogen-bond donors (Lipinski definition) is 1. The Morgan fingerprint density at radius 3 is 2.93 bits per heavy atom. The first-order valence-corrected chi connectivity index (χ1v) is 5.02. The molecule has 2 heteroatoms. The fraction of sp³-hybridized carbons (Fsp3) is 0.154. The second-order valence-corrected chi connectivity index (χ2v) is 3.38. The highest BCUT2D eigenvalue weighted by Gasteiger charge is 2.05. The largest absolute Gasteiger partial charge is 0.398 e. The molecule has 1 heterocycles. The second kappa shape index (κ2) is 4.13. The summed E-state index contributed by atoms with van der Waals surface area (Å²) in [6.07, 6.45) is 4.46. The highest BCUT2D eigenvalue weighted by atomic mass is 14.7. The molecule has 2 aromatic rings. The van der Waals surface area contributed by atoms with Gasteiger partial charge in [-0.25, -0.2) is 0 Å². The highest BCUT2D eigenvalue weighted by Crippen LogP contribution is 2.27. The summed E-state index contributed by atoms with van der Waals surface area (Å²) in [5, 5.41) is 0. The van der Waals surface area contributed by atoms with Crippen molar-refractivity contribution in [2.45, 2.75) is 13.3 Å². The van der Waals surface area contributed by atoms with Crippen LogP contribution in [0.15, 0.2) is 36.7 Å². The van der Waals surface area contributed by atoms with E-state index in [1.165, 1.54) is 5.56 Å². The van der Waals surface area contributed by atoms with Gasteiger partial charge in [0.2, 0.25) is 0 Å². The minimum atomic E-state index is 0.763. The summed E-state index contributed by atoms with van der Waals surface area (Å²) in [5.41, 5.74) is 9.99. The molecular formula is C13H13N2. The van der Waals surface area contributed by atoms with Crippen LogP contribution in [0, 0.1) is 6.07 Å². The van der Waals surface area contributed by atoms with E-state index in [0.29, 0.717) is 0 Å². The summed E-state index contributed by atoms with van der Waals surface area (Å²) in [5.74, 6) is 0. The molecule has 2 rings (SSSR count). The number of hydrogen-bond acceptors (Lipinski definition) is 2. The standard InChI is InChI=1S/C13H13N2/c1-2-10-5-3-4-6-11(10)12-9-15-8-7-13(12)14/h3-4,6-9H,2H2,1H3,(H2,14,15). The van der Waals surface area contributed by atoms with E-state index in [9.17, 15) is 0 Å². The van der Waals surface area contributed by atoms with E-state index < -0.39 is 0 Å². The molecular weight excluding hydrogens is 184 g/mol. The van der Waals surface area contributed by atoms with Crippen LogP contribution in [0.4, 0.5) is 5.69 Å². The normalized spacial score (nSPS) is 10.2. The molecule has 0 saturated heterocycles. The molecule has 0 aliphatic heterocycles. The molecule has 1 aromatic carbocycles. The minimum Gasteiger partial charge on any atom is -0.398 e. The molecule has 1 radical (unpaired) electrons. The third kappa shape index (κ3) is 1.84. The Labute approximate surface area is 89.8 Å². The third-order valence-corrected chi connectivity index (χ3v) is 2.44. The fourth-order valence-corrected chi connectivity index (χ4v) is 1.65. The van der Waals surface area contributed by atoms with Crippen molar-refractivity contribution in [1.29, 1.82) is 0 Å². The van der Waals surface area contributed by atoms with E-state index in [1.807, 2.05) is 18.2 Å². The summed E-state index contributed by atoms with van der Waals surface area (Å²) in [6.45, 7) is 2.11. The van der Waals surface area contributed by atoms with Gasteiger partial charge < -0.3 is 5.73 Å². The average molecular weight is 197 g/mol. The Kier molecular flexibility index (Phi) is 2.68. The van der Waals surface area contributed by atoms with Crippen molar-refractivity contribution in [3.8, 4) is 11.1 Å². The van der Waals surface area contributed by atoms with Crippen molar-refractivity contribution in [3.63, 3.8) is 0 Å². The van der Waals surface area contributed by atoms with Crippen LogP contribution in [0.5, 0.6) is 0 Å². The van der Waals surface area contributed by atoms with Gasteiger partial charge >= 0.3 is 0 Å². The van der Waals surface area contributed by atoms with Crippen molar-refractivity contribution < 1.29 is 0 Å². The third-order valence-electron chi connectivity index (χ3n) is 2.44. The molecule has 0 aliphatic rings. The first-order valence-electron chi connectivity index (χ1n) is 5.02. The summed E-state index contributed by atoms with van der Waals surface area (Å²) in [6, 6.07) is 11.0. The molecule has 0 spiro atoms. The number of nitrogens with zero attached hydrogens (tertiary/aromatic N) is 1. The smallest absolute Gasteiger partial charge is 0.0424 e. The first-order chi connectivity index (χ1) is 7.33. The van der Waals surface area contributed by atoms with E-state index >= 15 is 0 Å². The van der Waals surface area contributed by atoms with E-state index in [2.05, 4.69) is 24.0 Å². The number of anilines is 1. The van der Waals surface area contributed by atoms with Gasteiger partial charge in [0, 0.05) is 23.6 Å². The van der Waals surface area contributed by atoms with Gasteiger partial charge in [-0.3, -0.25) is 4.98 Å². The van der Waals surface area contributed by atoms with Crippen LogP contribution in [0.2, 0.25) is 0 Å². The van der Waals surface area contributed by atoms with Crippen LogP contribution in [0.3, 0.4) is 0 Å². The van der Waals surface area contributed by atoms with Gasteiger partial charge in [-0.2, -0.15) is 0 Å². The lowest BCUT2D eigenvalue weighted by atomic mass is 9.98. The van der Waals surface area contributed by atoms with Crippen molar-refractivity contribution in [3.05, 3.63) is 48.3 Å². The number of rotatable bonds is 2. The molecule has 0 atom stereocenters. The molecule has 2 N–H and O–H groups in total. The predicted octanol–water partition coefficient (Wildman–Crippen LogP) is 2.69. The van der Waals surface area contributed by atoms with Crippen molar-refractivity contribution in [2.24, 2.45) is 0 Å². The molecule has 75 valence electrons. The summed E-state index contributed by atoms with van der Waals surface area (Å²) in [7, 11) is 0. The Morgan fingerprint density at radius 2 is 2.20 bits per heavy atom. The number of aromatic nitrogens is 1. The Bertz CT molecular complexity index is 464. The van der Waals surface area contributed by atoms with E-state index in [4.69, 9.17) is 5.73 Å². The maximum atomic E-state index is 5.92. The van der Waals surface area contributed by atoms with Gasteiger partial charge in [-0.05, 0) is 29.7 Å².